The molecule has 0 aliphatic heterocycles. The highest BCUT2D eigenvalue weighted by atomic mass is 16.1. The van der Waals surface area contributed by atoms with Crippen LogP contribution in [0.4, 0.5) is 5.69 Å². The van der Waals surface area contributed by atoms with Gasteiger partial charge >= 0.3 is 0 Å². The molecular weight excluding hydrogens is 228 g/mol. The Bertz CT molecular complexity index is 697. The van der Waals surface area contributed by atoms with Gasteiger partial charge in [0.05, 0.1) is 17.4 Å². The second-order valence-corrected chi connectivity index (χ2v) is 4.12. The first kappa shape index (κ1) is 10.6. The van der Waals surface area contributed by atoms with E-state index in [4.69, 9.17) is 0 Å². The zero-order valence-electron chi connectivity index (χ0n) is 9.84. The lowest BCUT2D eigenvalue weighted by atomic mass is 10.3. The van der Waals surface area contributed by atoms with Gasteiger partial charge in [-0.3, -0.25) is 4.79 Å². The van der Waals surface area contributed by atoms with Crippen molar-refractivity contribution in [1.29, 1.82) is 0 Å². The van der Waals surface area contributed by atoms with Crippen LogP contribution in [-0.2, 0) is 7.05 Å². The largest absolute Gasteiger partial charge is 0.367 e. The van der Waals surface area contributed by atoms with E-state index in [1.807, 2.05) is 29.9 Å². The number of carbonyl (C=O) groups excluding carboxylic acids is 1. The van der Waals surface area contributed by atoms with Crippen molar-refractivity contribution in [2.24, 2.45) is 7.05 Å². The Morgan fingerprint density at radius 1 is 1.44 bits per heavy atom. The minimum Gasteiger partial charge on any atom is -0.367 e. The van der Waals surface area contributed by atoms with E-state index in [1.54, 1.807) is 24.7 Å². The van der Waals surface area contributed by atoms with Gasteiger partial charge in [-0.15, -0.1) is 0 Å². The van der Waals surface area contributed by atoms with Gasteiger partial charge in [0, 0.05) is 31.0 Å². The fraction of sp³-hybridized carbons (Fsp3) is 0.0769. The third kappa shape index (κ3) is 1.75. The molecule has 3 rings (SSSR count). The fourth-order valence-corrected chi connectivity index (χ4v) is 1.89. The predicted octanol–water partition coefficient (Wildman–Crippen LogP) is 2.15. The molecule has 5 heteroatoms. The molecule has 0 saturated heterocycles. The summed E-state index contributed by atoms with van der Waals surface area (Å²) in [5.41, 5.74) is 2.19. The minimum absolute atomic E-state index is 0.145. The minimum atomic E-state index is -0.145. The Hall–Kier alpha value is -2.56. The third-order valence-electron chi connectivity index (χ3n) is 2.82. The molecule has 0 spiro atoms. The van der Waals surface area contributed by atoms with E-state index in [9.17, 15) is 4.79 Å². The van der Waals surface area contributed by atoms with E-state index in [-0.39, 0.29) is 5.91 Å². The van der Waals surface area contributed by atoms with Gasteiger partial charge in [-0.25, -0.2) is 4.98 Å². The number of aromatic nitrogens is 3. The summed E-state index contributed by atoms with van der Waals surface area (Å²) in [6, 6.07) is 5.60. The SMILES string of the molecule is Cn1ccc2cc(NC(=O)c3cc[nH]c3)cnc21. The summed E-state index contributed by atoms with van der Waals surface area (Å²) in [6.45, 7) is 0. The fourth-order valence-electron chi connectivity index (χ4n) is 1.89. The Kier molecular flexibility index (Phi) is 2.37. The van der Waals surface area contributed by atoms with E-state index in [1.165, 1.54) is 0 Å². The van der Waals surface area contributed by atoms with E-state index < -0.39 is 0 Å². The molecular formula is C13H12N4O. The average Bonchev–Trinajstić information content (AvgIpc) is 2.99. The number of H-pyrrole nitrogens is 1. The second-order valence-electron chi connectivity index (χ2n) is 4.12. The number of aryl methyl sites for hydroxylation is 1. The number of nitrogens with zero attached hydrogens (tertiary/aromatic N) is 2. The maximum Gasteiger partial charge on any atom is 0.257 e. The molecule has 3 heterocycles. The Labute approximate surface area is 103 Å². The quantitative estimate of drug-likeness (QED) is 0.721. The Morgan fingerprint density at radius 3 is 3.11 bits per heavy atom. The van der Waals surface area contributed by atoms with Gasteiger partial charge in [0.15, 0.2) is 0 Å². The number of fused-ring (bicyclic) bond motifs is 1. The molecule has 1 amide bonds. The van der Waals surface area contributed by atoms with Crippen LogP contribution >= 0.6 is 0 Å². The molecule has 0 aromatic carbocycles. The number of nitrogens with one attached hydrogen (secondary N) is 2. The highest BCUT2D eigenvalue weighted by Gasteiger charge is 2.07. The van der Waals surface area contributed by atoms with Crippen LogP contribution in [0.2, 0.25) is 0 Å². The van der Waals surface area contributed by atoms with Gasteiger partial charge in [-0.05, 0) is 18.2 Å². The molecule has 18 heavy (non-hydrogen) atoms. The van der Waals surface area contributed by atoms with Gasteiger partial charge < -0.3 is 14.9 Å². The van der Waals surface area contributed by atoms with Crippen LogP contribution < -0.4 is 5.32 Å². The lowest BCUT2D eigenvalue weighted by Gasteiger charge is -2.03. The first-order valence-corrected chi connectivity index (χ1v) is 5.59. The number of anilines is 1. The van der Waals surface area contributed by atoms with Crippen LogP contribution in [-0.4, -0.2) is 20.4 Å². The number of amides is 1. The highest BCUT2D eigenvalue weighted by molar-refractivity contribution is 6.04. The van der Waals surface area contributed by atoms with E-state index in [0.717, 1.165) is 11.0 Å². The normalized spacial score (nSPS) is 10.7. The summed E-state index contributed by atoms with van der Waals surface area (Å²) in [4.78, 5) is 19.0. The van der Waals surface area contributed by atoms with Gasteiger partial charge in [-0.2, -0.15) is 0 Å². The lowest BCUT2D eigenvalue weighted by molar-refractivity contribution is 0.102. The molecule has 2 N–H and O–H groups in total. The summed E-state index contributed by atoms with van der Waals surface area (Å²) in [6.07, 6.45) is 6.97. The summed E-state index contributed by atoms with van der Waals surface area (Å²) >= 11 is 0. The molecule has 3 aromatic heterocycles. The first-order valence-electron chi connectivity index (χ1n) is 5.59. The van der Waals surface area contributed by atoms with Crippen LogP contribution in [0.5, 0.6) is 0 Å². The van der Waals surface area contributed by atoms with Gasteiger partial charge in [0.25, 0.3) is 5.91 Å². The van der Waals surface area contributed by atoms with Gasteiger partial charge in [-0.1, -0.05) is 0 Å². The molecule has 0 atom stereocenters. The molecule has 0 radical (unpaired) electrons. The highest BCUT2D eigenvalue weighted by Crippen LogP contribution is 2.17. The summed E-state index contributed by atoms with van der Waals surface area (Å²) in [5, 5.41) is 3.82. The topological polar surface area (TPSA) is 62.7 Å². The monoisotopic (exact) mass is 240 g/mol. The molecule has 0 aliphatic rings. The van der Waals surface area contributed by atoms with Crippen molar-refractivity contribution >= 4 is 22.6 Å². The second kappa shape index (κ2) is 4.03. The molecule has 0 aliphatic carbocycles. The van der Waals surface area contributed by atoms with Crippen molar-refractivity contribution in [2.75, 3.05) is 5.32 Å². The zero-order valence-corrected chi connectivity index (χ0v) is 9.84. The van der Waals surface area contributed by atoms with Crippen molar-refractivity contribution in [2.45, 2.75) is 0 Å². The molecule has 3 aromatic rings. The number of carbonyl (C=O) groups is 1. The summed E-state index contributed by atoms with van der Waals surface area (Å²) in [7, 11) is 1.94. The lowest BCUT2D eigenvalue weighted by Crippen LogP contribution is -2.11. The predicted molar refractivity (Wildman–Crippen MR) is 69.5 cm³/mol. The van der Waals surface area contributed by atoms with Crippen LogP contribution in [0.1, 0.15) is 10.4 Å². The van der Waals surface area contributed by atoms with Crippen molar-refractivity contribution in [1.82, 2.24) is 14.5 Å². The molecule has 90 valence electrons. The maximum absolute atomic E-state index is 11.9. The first-order chi connectivity index (χ1) is 8.74. The van der Waals surface area contributed by atoms with Gasteiger partial charge in [0.1, 0.15) is 5.65 Å². The van der Waals surface area contributed by atoms with E-state index in [2.05, 4.69) is 15.3 Å². The van der Waals surface area contributed by atoms with Crippen LogP contribution in [0, 0.1) is 0 Å². The third-order valence-corrected chi connectivity index (χ3v) is 2.82. The van der Waals surface area contributed by atoms with Crippen LogP contribution in [0.3, 0.4) is 0 Å². The molecule has 0 fully saturated rings. The van der Waals surface area contributed by atoms with E-state index in [0.29, 0.717) is 11.3 Å². The Balaban J connectivity index is 1.89. The van der Waals surface area contributed by atoms with E-state index >= 15 is 0 Å². The van der Waals surface area contributed by atoms with Crippen LogP contribution in [0.15, 0.2) is 43.0 Å². The van der Waals surface area contributed by atoms with Crippen molar-refractivity contribution < 1.29 is 4.79 Å². The number of hydrogen-bond acceptors (Lipinski definition) is 2. The number of rotatable bonds is 2. The molecule has 0 bridgehead atoms. The van der Waals surface area contributed by atoms with Crippen molar-refractivity contribution in [3.63, 3.8) is 0 Å². The summed E-state index contributed by atoms with van der Waals surface area (Å²) < 4.78 is 1.94. The maximum atomic E-state index is 11.9. The average molecular weight is 240 g/mol. The number of hydrogen-bond donors (Lipinski definition) is 2. The van der Waals surface area contributed by atoms with Crippen LogP contribution in [0.25, 0.3) is 11.0 Å². The number of pyridine rings is 1. The molecule has 5 nitrogen and oxygen atoms in total. The van der Waals surface area contributed by atoms with Crippen molar-refractivity contribution in [3.05, 3.63) is 48.5 Å². The molecule has 0 unspecified atom stereocenters. The smallest absolute Gasteiger partial charge is 0.257 e. The molecule has 0 saturated carbocycles. The Morgan fingerprint density at radius 2 is 2.33 bits per heavy atom. The summed E-state index contributed by atoms with van der Waals surface area (Å²) in [5.74, 6) is -0.145. The van der Waals surface area contributed by atoms with Crippen molar-refractivity contribution in [3.8, 4) is 0 Å². The van der Waals surface area contributed by atoms with Gasteiger partial charge in [0.2, 0.25) is 0 Å². The standard InChI is InChI=1S/C13H12N4O/c1-17-5-3-9-6-11(8-15-12(9)17)16-13(18)10-2-4-14-7-10/h2-8,14H,1H3,(H,16,18). The zero-order chi connectivity index (χ0) is 12.5. The number of aromatic amines is 1.